The van der Waals surface area contributed by atoms with E-state index < -0.39 is 22.1 Å². The maximum Gasteiger partial charge on any atom is 0.338 e. The van der Waals surface area contributed by atoms with E-state index in [-0.39, 0.29) is 35.3 Å². The molecule has 1 saturated heterocycles. The zero-order valence-electron chi connectivity index (χ0n) is 18.0. The summed E-state index contributed by atoms with van der Waals surface area (Å²) in [7, 11) is -3.82. The average Bonchev–Trinajstić information content (AvgIpc) is 3.51. The van der Waals surface area contributed by atoms with E-state index in [1.54, 1.807) is 11.8 Å². The van der Waals surface area contributed by atoms with Crippen molar-refractivity contribution in [3.63, 3.8) is 0 Å². The van der Waals surface area contributed by atoms with Crippen LogP contribution in [0.25, 0.3) is 10.8 Å². The second kappa shape index (κ2) is 9.41. The molecular weight excluding hydrogens is 468 g/mol. The Kier molecular flexibility index (Phi) is 6.58. The van der Waals surface area contributed by atoms with Gasteiger partial charge in [-0.15, -0.1) is 21.5 Å². The molecule has 3 aromatic rings. The van der Waals surface area contributed by atoms with Crippen LogP contribution in [0, 0.1) is 0 Å². The molecule has 1 atom stereocenters. The molecular formula is C21H22N4O6S2. The first-order valence-electron chi connectivity index (χ1n) is 10.2. The highest BCUT2D eigenvalue weighted by atomic mass is 32.2. The molecule has 33 heavy (non-hydrogen) atoms. The van der Waals surface area contributed by atoms with E-state index in [1.165, 1.54) is 46.8 Å². The molecule has 0 saturated carbocycles. The molecule has 0 N–H and O–H groups in total. The standard InChI is InChI=1S/C21H22N4O6S2/c1-14(19-22-23-20(31-19)18-7-4-12-32-18)30-21(27)16-5-3-6-17(13-16)33(28,29)25-10-8-24(9-11-25)15(2)26/h3-7,12-14H,8-11H2,1-2H3/t14-/m0/s1. The molecule has 12 heteroatoms. The Morgan fingerprint density at radius 1 is 1.12 bits per heavy atom. The van der Waals surface area contributed by atoms with Gasteiger partial charge >= 0.3 is 5.97 Å². The van der Waals surface area contributed by atoms with Crippen molar-refractivity contribution in [3.05, 3.63) is 53.2 Å². The van der Waals surface area contributed by atoms with Crippen molar-refractivity contribution in [1.82, 2.24) is 19.4 Å². The van der Waals surface area contributed by atoms with Crippen LogP contribution >= 0.6 is 11.3 Å². The van der Waals surface area contributed by atoms with Crippen molar-refractivity contribution in [3.8, 4) is 10.8 Å². The number of aromatic nitrogens is 2. The summed E-state index contributed by atoms with van der Waals surface area (Å²) in [6, 6.07) is 9.38. The predicted octanol–water partition coefficient (Wildman–Crippen LogP) is 2.57. The van der Waals surface area contributed by atoms with Crippen LogP contribution in [0.4, 0.5) is 0 Å². The van der Waals surface area contributed by atoms with Crippen LogP contribution in [-0.2, 0) is 19.6 Å². The number of hydrogen-bond acceptors (Lipinski definition) is 9. The first-order chi connectivity index (χ1) is 15.8. The van der Waals surface area contributed by atoms with Crippen LogP contribution in [0.3, 0.4) is 0 Å². The second-order valence-electron chi connectivity index (χ2n) is 7.41. The third-order valence-electron chi connectivity index (χ3n) is 5.20. The number of esters is 1. The van der Waals surface area contributed by atoms with Gasteiger partial charge in [0.25, 0.3) is 11.8 Å². The molecule has 0 bridgehead atoms. The van der Waals surface area contributed by atoms with E-state index in [0.29, 0.717) is 19.0 Å². The fraction of sp³-hybridized carbons (Fsp3) is 0.333. The molecule has 1 amide bonds. The zero-order valence-corrected chi connectivity index (χ0v) is 19.6. The average molecular weight is 491 g/mol. The van der Waals surface area contributed by atoms with Crippen molar-refractivity contribution in [2.45, 2.75) is 24.8 Å². The Morgan fingerprint density at radius 2 is 1.88 bits per heavy atom. The Labute approximate surface area is 194 Å². The number of carbonyl (C=O) groups is 2. The highest BCUT2D eigenvalue weighted by Crippen LogP contribution is 2.26. The van der Waals surface area contributed by atoms with Gasteiger partial charge in [-0.2, -0.15) is 4.31 Å². The number of thiophene rings is 1. The maximum absolute atomic E-state index is 13.0. The lowest BCUT2D eigenvalue weighted by atomic mass is 10.2. The van der Waals surface area contributed by atoms with E-state index in [4.69, 9.17) is 9.15 Å². The monoisotopic (exact) mass is 490 g/mol. The lowest BCUT2D eigenvalue weighted by Gasteiger charge is -2.33. The second-order valence-corrected chi connectivity index (χ2v) is 10.3. The highest BCUT2D eigenvalue weighted by Gasteiger charge is 2.30. The molecule has 4 rings (SSSR count). The normalized spacial score (nSPS) is 15.9. The lowest BCUT2D eigenvalue weighted by Crippen LogP contribution is -2.49. The summed E-state index contributed by atoms with van der Waals surface area (Å²) >= 11 is 1.44. The number of nitrogens with zero attached hydrogens (tertiary/aromatic N) is 4. The van der Waals surface area contributed by atoms with Crippen LogP contribution in [0.1, 0.15) is 36.2 Å². The molecule has 0 aliphatic carbocycles. The smallest absolute Gasteiger partial charge is 0.338 e. The first kappa shape index (κ1) is 23.1. The Morgan fingerprint density at radius 3 is 2.55 bits per heavy atom. The van der Waals surface area contributed by atoms with Gasteiger partial charge in [0.05, 0.1) is 15.3 Å². The fourth-order valence-corrected chi connectivity index (χ4v) is 5.47. The topological polar surface area (TPSA) is 123 Å². The van der Waals surface area contributed by atoms with Crippen molar-refractivity contribution < 1.29 is 27.2 Å². The van der Waals surface area contributed by atoms with Crippen LogP contribution in [0.15, 0.2) is 51.1 Å². The Balaban J connectivity index is 1.45. The number of carbonyl (C=O) groups excluding carboxylic acids is 2. The summed E-state index contributed by atoms with van der Waals surface area (Å²) in [4.78, 5) is 26.5. The van der Waals surface area contributed by atoms with Crippen molar-refractivity contribution >= 4 is 33.2 Å². The number of amides is 1. The van der Waals surface area contributed by atoms with Crippen LogP contribution in [-0.4, -0.2) is 65.9 Å². The van der Waals surface area contributed by atoms with E-state index in [1.807, 2.05) is 17.5 Å². The van der Waals surface area contributed by atoms with Crippen LogP contribution < -0.4 is 0 Å². The van der Waals surface area contributed by atoms with E-state index in [2.05, 4.69) is 10.2 Å². The predicted molar refractivity (Wildman–Crippen MR) is 119 cm³/mol. The van der Waals surface area contributed by atoms with Gasteiger partial charge in [-0.05, 0) is 36.6 Å². The maximum atomic E-state index is 13.0. The fourth-order valence-electron chi connectivity index (χ4n) is 3.35. The molecule has 3 heterocycles. The van der Waals surface area contributed by atoms with Crippen molar-refractivity contribution in [2.75, 3.05) is 26.2 Å². The Bertz CT molecular complexity index is 1250. The number of ether oxygens (including phenoxy) is 1. The molecule has 0 radical (unpaired) electrons. The third kappa shape index (κ3) is 4.97. The number of benzene rings is 1. The third-order valence-corrected chi connectivity index (χ3v) is 7.95. The summed E-state index contributed by atoms with van der Waals surface area (Å²) in [5.41, 5.74) is 0.0864. The highest BCUT2D eigenvalue weighted by molar-refractivity contribution is 7.89. The van der Waals surface area contributed by atoms with E-state index in [0.717, 1.165) is 4.88 Å². The van der Waals surface area contributed by atoms with Crippen molar-refractivity contribution in [1.29, 1.82) is 0 Å². The van der Waals surface area contributed by atoms with Crippen molar-refractivity contribution in [2.24, 2.45) is 0 Å². The summed E-state index contributed by atoms with van der Waals surface area (Å²) in [6.07, 6.45) is -0.821. The summed E-state index contributed by atoms with van der Waals surface area (Å²) in [6.45, 7) is 4.09. The van der Waals surface area contributed by atoms with Gasteiger partial charge in [0.1, 0.15) is 0 Å². The summed E-state index contributed by atoms with van der Waals surface area (Å²) < 4.78 is 38.4. The number of piperazine rings is 1. The largest absolute Gasteiger partial charge is 0.449 e. The number of sulfonamides is 1. The molecule has 174 valence electrons. The molecule has 10 nitrogen and oxygen atoms in total. The lowest BCUT2D eigenvalue weighted by molar-refractivity contribution is -0.129. The minimum Gasteiger partial charge on any atom is -0.449 e. The minimum atomic E-state index is -3.82. The molecule has 0 unspecified atom stereocenters. The van der Waals surface area contributed by atoms with Gasteiger partial charge in [-0.25, -0.2) is 13.2 Å². The number of hydrogen-bond donors (Lipinski definition) is 0. The number of rotatable bonds is 6. The Hall–Kier alpha value is -3.09. The molecule has 1 aromatic carbocycles. The molecule has 0 spiro atoms. The van der Waals surface area contributed by atoms with Gasteiger partial charge < -0.3 is 14.1 Å². The van der Waals surface area contributed by atoms with Gasteiger partial charge in [0, 0.05) is 33.1 Å². The molecule has 1 fully saturated rings. The molecule has 2 aromatic heterocycles. The summed E-state index contributed by atoms with van der Waals surface area (Å²) in [5, 5.41) is 9.79. The van der Waals surface area contributed by atoms with Gasteiger partial charge in [0.15, 0.2) is 6.10 Å². The molecule has 1 aliphatic heterocycles. The van der Waals surface area contributed by atoms with Gasteiger partial charge in [-0.1, -0.05) is 12.1 Å². The van der Waals surface area contributed by atoms with Crippen LogP contribution in [0.5, 0.6) is 0 Å². The van der Waals surface area contributed by atoms with Gasteiger partial charge in [0.2, 0.25) is 15.9 Å². The minimum absolute atomic E-state index is 0.0151. The molecule has 1 aliphatic rings. The zero-order chi connectivity index (χ0) is 23.6. The van der Waals surface area contributed by atoms with Crippen LogP contribution in [0.2, 0.25) is 0 Å². The SMILES string of the molecule is CC(=O)N1CCN(S(=O)(=O)c2cccc(C(=O)O[C@@H](C)c3nnc(-c4cccs4)o3)c2)CC1. The summed E-state index contributed by atoms with van der Waals surface area (Å²) in [5.74, 6) is -0.328. The van der Waals surface area contributed by atoms with E-state index >= 15 is 0 Å². The van der Waals surface area contributed by atoms with Gasteiger partial charge in [-0.3, -0.25) is 4.79 Å². The van der Waals surface area contributed by atoms with E-state index in [9.17, 15) is 18.0 Å². The first-order valence-corrected chi connectivity index (χ1v) is 12.5. The quantitative estimate of drug-likeness (QED) is 0.483.